The highest BCUT2D eigenvalue weighted by molar-refractivity contribution is 6.07. The summed E-state index contributed by atoms with van der Waals surface area (Å²) >= 11 is 0. The number of rotatable bonds is 1. The van der Waals surface area contributed by atoms with Crippen LogP contribution >= 0.6 is 0 Å². The van der Waals surface area contributed by atoms with Crippen molar-refractivity contribution in [3.05, 3.63) is 82.2 Å². The molecule has 4 nitrogen and oxygen atoms in total. The van der Waals surface area contributed by atoms with Crippen LogP contribution in [0.15, 0.2) is 60.7 Å². The summed E-state index contributed by atoms with van der Waals surface area (Å²) < 4.78 is 0. The monoisotopic (exact) mass is 416 g/mol. The molecule has 0 saturated carbocycles. The Labute approximate surface area is 187 Å². The molecular weight excluding hydrogens is 392 g/mol. The lowest BCUT2D eigenvalue weighted by molar-refractivity contribution is 1.16. The number of nitrogens with one attached hydrogen (secondary N) is 1. The maximum absolute atomic E-state index is 9.25. The van der Waals surface area contributed by atoms with Crippen LogP contribution in [-0.2, 0) is 0 Å². The second-order valence-corrected chi connectivity index (χ2v) is 8.51. The quantitative estimate of drug-likeness (QED) is 0.365. The third kappa shape index (κ3) is 2.94. The van der Waals surface area contributed by atoms with Crippen molar-refractivity contribution in [2.24, 2.45) is 0 Å². The summed E-state index contributed by atoms with van der Waals surface area (Å²) in [6.45, 7) is 4.32. The highest BCUT2D eigenvalue weighted by Gasteiger charge is 2.27. The van der Waals surface area contributed by atoms with Crippen molar-refractivity contribution in [2.45, 2.75) is 13.8 Å². The molecule has 0 unspecified atom stereocenters. The zero-order chi connectivity index (χ0) is 22.6. The Balaban J connectivity index is 1.71. The zero-order valence-electron chi connectivity index (χ0n) is 18.7. The van der Waals surface area contributed by atoms with Crippen LogP contribution in [0.25, 0.3) is 32.9 Å². The lowest BCUT2D eigenvalue weighted by Gasteiger charge is -2.19. The van der Waals surface area contributed by atoms with Crippen LogP contribution in [0.1, 0.15) is 11.1 Å². The van der Waals surface area contributed by atoms with Crippen molar-refractivity contribution in [1.82, 2.24) is 0 Å². The normalized spacial score (nSPS) is 14.0. The van der Waals surface area contributed by atoms with E-state index >= 15 is 0 Å². The Bertz CT molecular complexity index is 1570. The molecule has 0 amide bonds. The largest absolute Gasteiger partial charge is 0.329 e. The number of fused-ring (bicyclic) bond motifs is 3. The highest BCUT2D eigenvalue weighted by atomic mass is 15.4. The summed E-state index contributed by atoms with van der Waals surface area (Å²) in [5.41, 5.74) is 5.43. The number of hydrogen-bond acceptors (Lipinski definition) is 4. The molecule has 5 rings (SSSR count). The molecule has 0 atom stereocenters. The molecule has 0 aromatic heterocycles. The van der Waals surface area contributed by atoms with Gasteiger partial charge < -0.3 is 15.2 Å². The van der Waals surface area contributed by atoms with Gasteiger partial charge in [-0.3, -0.25) is 0 Å². The molecule has 0 saturated heterocycles. The van der Waals surface area contributed by atoms with E-state index in [0.29, 0.717) is 5.57 Å². The molecule has 1 aliphatic heterocycles. The van der Waals surface area contributed by atoms with Crippen molar-refractivity contribution in [1.29, 1.82) is 10.7 Å². The predicted octanol–water partition coefficient (Wildman–Crippen LogP) is 4.59. The maximum Gasteiger partial charge on any atom is 0.120 e. The number of hydrogen-bond donors (Lipinski definition) is 1. The lowest BCUT2D eigenvalue weighted by Crippen LogP contribution is -2.28. The van der Waals surface area contributed by atoms with Crippen LogP contribution in [0.5, 0.6) is 0 Å². The first-order valence-corrected chi connectivity index (χ1v) is 10.6. The van der Waals surface area contributed by atoms with Gasteiger partial charge in [0.15, 0.2) is 0 Å². The number of anilines is 2. The molecule has 0 fully saturated rings. The molecule has 1 N–H and O–H groups in total. The van der Waals surface area contributed by atoms with Crippen molar-refractivity contribution in [2.75, 3.05) is 23.9 Å². The van der Waals surface area contributed by atoms with Gasteiger partial charge in [0.1, 0.15) is 11.9 Å². The Morgan fingerprint density at radius 3 is 1.91 bits per heavy atom. The average molecular weight is 417 g/mol. The first kappa shape index (κ1) is 19.8. The molecule has 1 aliphatic rings. The first-order valence-electron chi connectivity index (χ1n) is 10.6. The van der Waals surface area contributed by atoms with Crippen LogP contribution in [0.2, 0.25) is 0 Å². The van der Waals surface area contributed by atoms with Gasteiger partial charge in [0, 0.05) is 25.5 Å². The van der Waals surface area contributed by atoms with Crippen LogP contribution < -0.4 is 20.2 Å². The van der Waals surface area contributed by atoms with Crippen LogP contribution in [0, 0.1) is 30.6 Å². The van der Waals surface area contributed by atoms with Crippen LogP contribution in [0.3, 0.4) is 0 Å². The van der Waals surface area contributed by atoms with E-state index in [2.05, 4.69) is 86.3 Å². The molecule has 4 aromatic rings. The Morgan fingerprint density at radius 1 is 0.781 bits per heavy atom. The third-order valence-corrected chi connectivity index (χ3v) is 6.58. The summed E-state index contributed by atoms with van der Waals surface area (Å²) in [6, 6.07) is 23.5. The van der Waals surface area contributed by atoms with E-state index in [1.165, 1.54) is 38.9 Å². The third-order valence-electron chi connectivity index (χ3n) is 6.58. The van der Waals surface area contributed by atoms with Gasteiger partial charge in [-0.2, -0.15) is 5.26 Å². The van der Waals surface area contributed by atoms with Crippen molar-refractivity contribution in [3.8, 4) is 6.07 Å². The van der Waals surface area contributed by atoms with Gasteiger partial charge in [-0.15, -0.1) is 0 Å². The van der Waals surface area contributed by atoms with E-state index in [0.717, 1.165) is 27.6 Å². The zero-order valence-corrected chi connectivity index (χ0v) is 18.7. The Hall–Kier alpha value is -4.10. The predicted molar refractivity (Wildman–Crippen MR) is 135 cm³/mol. The summed E-state index contributed by atoms with van der Waals surface area (Å²) in [6.07, 6.45) is 1.11. The van der Waals surface area contributed by atoms with Crippen molar-refractivity contribution < 1.29 is 0 Å². The van der Waals surface area contributed by atoms with Gasteiger partial charge in [-0.05, 0) is 88.1 Å². The minimum atomic E-state index is 0.371. The van der Waals surface area contributed by atoms with E-state index in [1.54, 1.807) is 0 Å². The van der Waals surface area contributed by atoms with Gasteiger partial charge in [0.05, 0.1) is 16.9 Å². The molecule has 0 aliphatic carbocycles. The minimum Gasteiger partial charge on any atom is -0.329 e. The summed E-state index contributed by atoms with van der Waals surface area (Å²) in [7, 11) is 4.26. The average Bonchev–Trinajstić information content (AvgIpc) is 3.02. The molecule has 0 bridgehead atoms. The summed E-state index contributed by atoms with van der Waals surface area (Å²) in [5, 5.41) is 23.2. The molecule has 156 valence electrons. The van der Waals surface area contributed by atoms with E-state index in [-0.39, 0.29) is 0 Å². The van der Waals surface area contributed by atoms with Gasteiger partial charge in [0.25, 0.3) is 0 Å². The van der Waals surface area contributed by atoms with Crippen molar-refractivity contribution in [3.63, 3.8) is 0 Å². The van der Waals surface area contributed by atoms with Gasteiger partial charge in [0.2, 0.25) is 0 Å². The van der Waals surface area contributed by atoms with Gasteiger partial charge >= 0.3 is 0 Å². The van der Waals surface area contributed by atoms with Crippen molar-refractivity contribution >= 4 is 50.5 Å². The maximum atomic E-state index is 9.25. The number of nitrogens with zero attached hydrogens (tertiary/aromatic N) is 3. The summed E-state index contributed by atoms with van der Waals surface area (Å²) in [4.78, 5) is 4.54. The Morgan fingerprint density at radius 2 is 1.34 bits per heavy atom. The highest BCUT2D eigenvalue weighted by Crippen LogP contribution is 2.41. The number of nitriles is 1. The molecule has 0 radical (unpaired) electrons. The summed E-state index contributed by atoms with van der Waals surface area (Å²) in [5.74, 6) is 1.17. The lowest BCUT2D eigenvalue weighted by atomic mass is 10.0. The fourth-order valence-corrected chi connectivity index (χ4v) is 4.65. The van der Waals surface area contributed by atoms with Crippen LogP contribution in [0.4, 0.5) is 11.4 Å². The SMILES string of the molecule is Cc1cc2c(cc1C)N(C)C(=c1ccc3cc4c/c(=C(/C#N)C=N)ccc4cc3c1)N2C. The molecular formula is C28H24N4. The number of aryl methyl sites for hydroxylation is 2. The molecule has 1 heterocycles. The van der Waals surface area contributed by atoms with E-state index < -0.39 is 0 Å². The molecule has 4 heteroatoms. The standard InChI is InChI=1S/C28H24N4/c1-17-9-26-27(10-18(17)2)32(4)28(31(26)3)22-8-7-20-11-23-13-21(25(15-29)16-30)6-5-19(23)12-24(20)14-22/h5-15,29H,1-4H3/b25-21+,29-15?. The van der Waals surface area contributed by atoms with Gasteiger partial charge in [-0.25, -0.2) is 0 Å². The number of benzene rings is 4. The fraction of sp³-hybridized carbons (Fsp3) is 0.143. The van der Waals surface area contributed by atoms with Crippen LogP contribution in [-0.4, -0.2) is 20.3 Å². The second kappa shape index (κ2) is 7.25. The molecule has 0 spiro atoms. The second-order valence-electron chi connectivity index (χ2n) is 8.51. The Kier molecular flexibility index (Phi) is 4.49. The van der Waals surface area contributed by atoms with Gasteiger partial charge in [-0.1, -0.05) is 24.3 Å². The van der Waals surface area contributed by atoms with E-state index in [4.69, 9.17) is 5.41 Å². The minimum absolute atomic E-state index is 0.371. The topological polar surface area (TPSA) is 54.1 Å². The van der Waals surface area contributed by atoms with E-state index in [9.17, 15) is 5.26 Å². The first-order chi connectivity index (χ1) is 15.4. The smallest absolute Gasteiger partial charge is 0.120 e. The molecule has 4 aromatic carbocycles. The van der Waals surface area contributed by atoms with E-state index in [1.807, 2.05) is 18.2 Å². The molecule has 32 heavy (non-hydrogen) atoms. The fourth-order valence-electron chi connectivity index (χ4n) is 4.65.